The largest absolute Gasteiger partial charge is 0.507 e. The van der Waals surface area contributed by atoms with Crippen LogP contribution in [0.5, 0.6) is 0 Å². The summed E-state index contributed by atoms with van der Waals surface area (Å²) in [5.41, 5.74) is 0.551. The molecule has 1 aromatic heterocycles. The molecule has 1 saturated heterocycles. The van der Waals surface area contributed by atoms with E-state index in [4.69, 9.17) is 4.42 Å². The highest BCUT2D eigenvalue weighted by atomic mass is 35.5. The van der Waals surface area contributed by atoms with E-state index in [2.05, 4.69) is 0 Å². The molecule has 1 unspecified atom stereocenters. The summed E-state index contributed by atoms with van der Waals surface area (Å²) in [7, 11) is 3.78. The third-order valence-electron chi connectivity index (χ3n) is 4.19. The predicted octanol–water partition coefficient (Wildman–Crippen LogP) is 2.68. The van der Waals surface area contributed by atoms with Gasteiger partial charge in [-0.1, -0.05) is 30.3 Å². The van der Waals surface area contributed by atoms with E-state index in [1.807, 2.05) is 25.1 Å². The average molecular weight is 377 g/mol. The molecule has 0 aliphatic carbocycles. The fraction of sp³-hybridized carbons (Fsp3) is 0.263. The van der Waals surface area contributed by atoms with Gasteiger partial charge in [0.2, 0.25) is 0 Å². The van der Waals surface area contributed by atoms with E-state index in [0.29, 0.717) is 24.4 Å². The number of carbonyl (C=O) groups excluding carboxylic acids is 2. The van der Waals surface area contributed by atoms with Crippen LogP contribution >= 0.6 is 12.4 Å². The van der Waals surface area contributed by atoms with Crippen molar-refractivity contribution in [2.75, 3.05) is 27.2 Å². The Balaban J connectivity index is 0.00000243. The van der Waals surface area contributed by atoms with Crippen LogP contribution in [0.2, 0.25) is 0 Å². The number of furan rings is 1. The number of aliphatic hydroxyl groups is 1. The molecule has 1 atom stereocenters. The molecule has 2 heterocycles. The van der Waals surface area contributed by atoms with Gasteiger partial charge in [-0.3, -0.25) is 9.59 Å². The zero-order chi connectivity index (χ0) is 18.0. The van der Waals surface area contributed by atoms with Crippen molar-refractivity contribution in [3.05, 3.63) is 65.6 Å². The Morgan fingerprint density at radius 3 is 2.42 bits per heavy atom. The Bertz CT molecular complexity index is 800. The van der Waals surface area contributed by atoms with Crippen LogP contribution in [0.4, 0.5) is 0 Å². The molecule has 6 nitrogen and oxygen atoms in total. The third-order valence-corrected chi connectivity index (χ3v) is 4.19. The number of likely N-dealkylation sites (tertiary alicyclic amines) is 1. The minimum absolute atomic E-state index is 0. The number of hydrogen-bond acceptors (Lipinski definition) is 5. The van der Waals surface area contributed by atoms with Crippen LogP contribution in [-0.2, 0) is 9.59 Å². The monoisotopic (exact) mass is 376 g/mol. The van der Waals surface area contributed by atoms with E-state index in [1.165, 1.54) is 11.2 Å². The van der Waals surface area contributed by atoms with Crippen LogP contribution in [0, 0.1) is 0 Å². The number of likely N-dealkylation sites (N-methyl/N-ethyl adjacent to an activating group) is 1. The Kier molecular flexibility index (Phi) is 6.23. The van der Waals surface area contributed by atoms with E-state index in [1.54, 1.807) is 36.4 Å². The summed E-state index contributed by atoms with van der Waals surface area (Å²) in [5, 5.41) is 10.7. The second kappa shape index (κ2) is 8.21. The highest BCUT2D eigenvalue weighted by molar-refractivity contribution is 6.46. The lowest BCUT2D eigenvalue weighted by atomic mass is 9.99. The molecule has 1 aliphatic heterocycles. The van der Waals surface area contributed by atoms with Gasteiger partial charge in [-0.15, -0.1) is 12.4 Å². The van der Waals surface area contributed by atoms with Crippen molar-refractivity contribution in [1.29, 1.82) is 0 Å². The number of ketones is 1. The molecule has 26 heavy (non-hydrogen) atoms. The quantitative estimate of drug-likeness (QED) is 0.493. The van der Waals surface area contributed by atoms with Gasteiger partial charge in [0.25, 0.3) is 11.7 Å². The molecule has 7 heteroatoms. The van der Waals surface area contributed by atoms with Crippen molar-refractivity contribution in [2.24, 2.45) is 0 Å². The average Bonchev–Trinajstić information content (AvgIpc) is 3.21. The summed E-state index contributed by atoms with van der Waals surface area (Å²) in [5.74, 6) is -1.05. The molecule has 1 aromatic carbocycles. The Hall–Kier alpha value is -2.57. The lowest BCUT2D eigenvalue weighted by molar-refractivity contribution is -0.140. The smallest absolute Gasteiger partial charge is 0.295 e. The van der Waals surface area contributed by atoms with Gasteiger partial charge >= 0.3 is 0 Å². The van der Waals surface area contributed by atoms with Gasteiger partial charge in [0, 0.05) is 18.7 Å². The lowest BCUT2D eigenvalue weighted by Gasteiger charge is -2.24. The number of benzene rings is 1. The third kappa shape index (κ3) is 3.66. The van der Waals surface area contributed by atoms with Gasteiger partial charge in [-0.05, 0) is 26.2 Å². The second-order valence-corrected chi connectivity index (χ2v) is 6.18. The molecule has 0 spiro atoms. The summed E-state index contributed by atoms with van der Waals surface area (Å²) < 4.78 is 5.46. The molecule has 1 amide bonds. The summed E-state index contributed by atoms with van der Waals surface area (Å²) >= 11 is 0. The standard InChI is InChI=1S/C19H20N2O4.ClH/c1-20(2)10-11-21-16(14-9-6-12-25-14)15(18(23)19(21)24)17(22)13-7-4-3-5-8-13;/h3-9,12,16,22H,10-11H2,1-2H3;1H/b17-15+;. The van der Waals surface area contributed by atoms with Gasteiger partial charge in [0.15, 0.2) is 0 Å². The number of Topliss-reactive ketones (excluding diaryl/α,β-unsaturated/α-hetero) is 1. The van der Waals surface area contributed by atoms with Gasteiger partial charge in [0.1, 0.15) is 17.6 Å². The highest BCUT2D eigenvalue weighted by Gasteiger charge is 2.47. The molecule has 1 fully saturated rings. The van der Waals surface area contributed by atoms with E-state index >= 15 is 0 Å². The summed E-state index contributed by atoms with van der Waals surface area (Å²) in [6.45, 7) is 0.949. The maximum Gasteiger partial charge on any atom is 0.295 e. The van der Waals surface area contributed by atoms with Crippen LogP contribution < -0.4 is 0 Å². The topological polar surface area (TPSA) is 74.0 Å². The number of nitrogens with zero attached hydrogens (tertiary/aromatic N) is 2. The van der Waals surface area contributed by atoms with Crippen LogP contribution in [-0.4, -0.2) is 53.8 Å². The van der Waals surface area contributed by atoms with Crippen molar-refractivity contribution in [3.63, 3.8) is 0 Å². The minimum Gasteiger partial charge on any atom is -0.507 e. The minimum atomic E-state index is -0.727. The van der Waals surface area contributed by atoms with Crippen molar-refractivity contribution in [1.82, 2.24) is 9.80 Å². The van der Waals surface area contributed by atoms with E-state index in [0.717, 1.165) is 0 Å². The van der Waals surface area contributed by atoms with Crippen molar-refractivity contribution >= 4 is 29.9 Å². The molecule has 1 N–H and O–H groups in total. The lowest BCUT2D eigenvalue weighted by Crippen LogP contribution is -2.35. The molecule has 1 aliphatic rings. The van der Waals surface area contributed by atoms with E-state index in [-0.39, 0.29) is 23.7 Å². The van der Waals surface area contributed by atoms with Gasteiger partial charge in [-0.2, -0.15) is 0 Å². The van der Waals surface area contributed by atoms with Crippen LogP contribution in [0.1, 0.15) is 17.4 Å². The second-order valence-electron chi connectivity index (χ2n) is 6.18. The molecule has 138 valence electrons. The van der Waals surface area contributed by atoms with Crippen molar-refractivity contribution in [3.8, 4) is 0 Å². The summed E-state index contributed by atoms with van der Waals surface area (Å²) in [4.78, 5) is 28.5. The van der Waals surface area contributed by atoms with Crippen LogP contribution in [0.15, 0.2) is 58.7 Å². The number of halogens is 1. The fourth-order valence-corrected chi connectivity index (χ4v) is 2.91. The first-order chi connectivity index (χ1) is 12.0. The normalized spacial score (nSPS) is 19.0. The van der Waals surface area contributed by atoms with Gasteiger partial charge < -0.3 is 19.3 Å². The zero-order valence-electron chi connectivity index (χ0n) is 14.6. The molecule has 0 radical (unpaired) electrons. The number of hydrogen-bond donors (Lipinski definition) is 1. The molecular weight excluding hydrogens is 356 g/mol. The molecular formula is C19H21ClN2O4. The summed E-state index contributed by atoms with van der Waals surface area (Å²) in [6, 6.07) is 11.4. The Morgan fingerprint density at radius 1 is 1.15 bits per heavy atom. The van der Waals surface area contributed by atoms with Crippen molar-refractivity contribution < 1.29 is 19.1 Å². The van der Waals surface area contributed by atoms with Crippen molar-refractivity contribution in [2.45, 2.75) is 6.04 Å². The molecule has 3 rings (SSSR count). The maximum atomic E-state index is 12.6. The number of amides is 1. The Labute approximate surface area is 158 Å². The first-order valence-electron chi connectivity index (χ1n) is 8.02. The zero-order valence-corrected chi connectivity index (χ0v) is 15.4. The van der Waals surface area contributed by atoms with Crippen LogP contribution in [0.25, 0.3) is 5.76 Å². The first-order valence-corrected chi connectivity index (χ1v) is 8.02. The van der Waals surface area contributed by atoms with E-state index < -0.39 is 17.7 Å². The predicted molar refractivity (Wildman–Crippen MR) is 100.0 cm³/mol. The maximum absolute atomic E-state index is 12.6. The molecule has 2 aromatic rings. The number of carbonyl (C=O) groups is 2. The Morgan fingerprint density at radius 2 is 1.85 bits per heavy atom. The number of aliphatic hydroxyl groups excluding tert-OH is 1. The van der Waals surface area contributed by atoms with Gasteiger partial charge in [0.05, 0.1) is 11.8 Å². The van der Waals surface area contributed by atoms with E-state index in [9.17, 15) is 14.7 Å². The molecule has 0 saturated carbocycles. The molecule has 0 bridgehead atoms. The van der Waals surface area contributed by atoms with Crippen LogP contribution in [0.3, 0.4) is 0 Å². The summed E-state index contributed by atoms with van der Waals surface area (Å²) in [6.07, 6.45) is 1.49. The SMILES string of the molecule is CN(C)CCN1C(=O)C(=O)/C(=C(/O)c2ccccc2)C1c1ccco1.Cl. The highest BCUT2D eigenvalue weighted by Crippen LogP contribution is 2.39. The van der Waals surface area contributed by atoms with Gasteiger partial charge in [-0.25, -0.2) is 0 Å². The fourth-order valence-electron chi connectivity index (χ4n) is 2.91. The first kappa shape index (κ1) is 19.8. The number of rotatable bonds is 5.